The van der Waals surface area contributed by atoms with Crippen molar-refractivity contribution in [3.05, 3.63) is 34.8 Å². The Morgan fingerprint density at radius 1 is 1.50 bits per heavy atom. The van der Waals surface area contributed by atoms with Crippen molar-refractivity contribution in [3.8, 4) is 5.88 Å². The number of nitrogens with zero attached hydrogens (tertiary/aromatic N) is 1. The second-order valence-corrected chi connectivity index (χ2v) is 5.29. The number of ketones is 1. The minimum Gasteiger partial charge on any atom is -0.481 e. The van der Waals surface area contributed by atoms with Gasteiger partial charge in [0.05, 0.1) is 22.7 Å². The van der Waals surface area contributed by atoms with E-state index in [4.69, 9.17) is 10.5 Å². The van der Waals surface area contributed by atoms with E-state index in [0.717, 1.165) is 10.6 Å². The zero-order chi connectivity index (χ0) is 14.5. The summed E-state index contributed by atoms with van der Waals surface area (Å²) in [7, 11) is 1.58. The first-order valence-corrected chi connectivity index (χ1v) is 7.11. The number of carbonyl (C=O) groups excluding carboxylic acids is 1. The van der Waals surface area contributed by atoms with Crippen LogP contribution in [0.3, 0.4) is 0 Å². The van der Waals surface area contributed by atoms with E-state index in [0.29, 0.717) is 29.4 Å². The molecule has 0 atom stereocenters. The fourth-order valence-corrected chi connectivity index (χ4v) is 2.68. The van der Waals surface area contributed by atoms with Gasteiger partial charge in [-0.2, -0.15) is 0 Å². The number of methoxy groups -OCH3 is 1. The monoisotopic (exact) mass is 291 g/mol. The minimum atomic E-state index is 0.0756. The second kappa shape index (κ2) is 6.38. The summed E-state index contributed by atoms with van der Waals surface area (Å²) in [6.07, 6.45) is 2.22. The third-order valence-corrected chi connectivity index (χ3v) is 3.96. The molecule has 2 aromatic heterocycles. The Morgan fingerprint density at radius 2 is 2.30 bits per heavy atom. The van der Waals surface area contributed by atoms with E-state index in [1.165, 1.54) is 11.3 Å². The number of Topliss-reactive ketones (excluding diaryl/α,β-unsaturated/α-hetero) is 1. The van der Waals surface area contributed by atoms with Crippen LogP contribution in [0.4, 0.5) is 10.7 Å². The quantitative estimate of drug-likeness (QED) is 0.800. The molecule has 0 aliphatic rings. The molecular formula is C14H17N3O2S. The van der Waals surface area contributed by atoms with Crippen LogP contribution >= 0.6 is 11.3 Å². The molecule has 0 fully saturated rings. The van der Waals surface area contributed by atoms with E-state index < -0.39 is 0 Å². The van der Waals surface area contributed by atoms with Gasteiger partial charge in [-0.3, -0.25) is 4.79 Å². The molecule has 0 saturated carbocycles. The van der Waals surface area contributed by atoms with Gasteiger partial charge in [0.25, 0.3) is 0 Å². The first-order chi connectivity index (χ1) is 9.63. The van der Waals surface area contributed by atoms with Crippen molar-refractivity contribution in [2.45, 2.75) is 19.9 Å². The SMILES string of the molecule is CCC(=O)c1sc(NCc2ccc(OC)nc2)cc1N. The molecule has 0 bridgehead atoms. The highest BCUT2D eigenvalue weighted by atomic mass is 32.1. The van der Waals surface area contributed by atoms with Gasteiger partial charge in [-0.15, -0.1) is 11.3 Å². The molecule has 0 unspecified atom stereocenters. The lowest BCUT2D eigenvalue weighted by Crippen LogP contribution is -1.98. The molecule has 6 heteroatoms. The predicted octanol–water partition coefficient (Wildman–Crippen LogP) is 2.94. The molecule has 106 valence electrons. The van der Waals surface area contributed by atoms with Gasteiger partial charge in [0.15, 0.2) is 5.78 Å². The van der Waals surface area contributed by atoms with Gasteiger partial charge in [-0.05, 0) is 11.6 Å². The molecule has 0 saturated heterocycles. The minimum absolute atomic E-state index is 0.0756. The Kier molecular flexibility index (Phi) is 4.57. The largest absolute Gasteiger partial charge is 0.481 e. The highest BCUT2D eigenvalue weighted by molar-refractivity contribution is 7.18. The molecule has 2 aromatic rings. The Hall–Kier alpha value is -2.08. The fraction of sp³-hybridized carbons (Fsp3) is 0.286. The number of anilines is 2. The average molecular weight is 291 g/mol. The Balaban J connectivity index is 2.01. The maximum atomic E-state index is 11.7. The van der Waals surface area contributed by atoms with E-state index in [-0.39, 0.29) is 5.78 Å². The summed E-state index contributed by atoms with van der Waals surface area (Å²) in [5.41, 5.74) is 7.41. The number of hydrogen-bond donors (Lipinski definition) is 2. The number of nitrogen functional groups attached to an aromatic ring is 1. The van der Waals surface area contributed by atoms with Crippen molar-refractivity contribution in [3.63, 3.8) is 0 Å². The highest BCUT2D eigenvalue weighted by Gasteiger charge is 2.12. The van der Waals surface area contributed by atoms with E-state index in [2.05, 4.69) is 10.3 Å². The van der Waals surface area contributed by atoms with Gasteiger partial charge in [-0.25, -0.2) is 4.98 Å². The topological polar surface area (TPSA) is 77.2 Å². The van der Waals surface area contributed by atoms with Crippen molar-refractivity contribution in [1.29, 1.82) is 0 Å². The summed E-state index contributed by atoms with van der Waals surface area (Å²) in [6.45, 7) is 2.45. The van der Waals surface area contributed by atoms with Crippen LogP contribution in [0.5, 0.6) is 5.88 Å². The number of aromatic nitrogens is 1. The zero-order valence-corrected chi connectivity index (χ0v) is 12.3. The third-order valence-electron chi connectivity index (χ3n) is 2.81. The molecule has 0 amide bonds. The molecule has 5 nitrogen and oxygen atoms in total. The zero-order valence-electron chi connectivity index (χ0n) is 11.5. The van der Waals surface area contributed by atoms with Gasteiger partial charge in [0, 0.05) is 25.2 Å². The normalized spacial score (nSPS) is 10.3. The third kappa shape index (κ3) is 3.27. The average Bonchev–Trinajstić information content (AvgIpc) is 2.86. The van der Waals surface area contributed by atoms with Crippen molar-refractivity contribution < 1.29 is 9.53 Å². The molecule has 0 aromatic carbocycles. The summed E-state index contributed by atoms with van der Waals surface area (Å²) >= 11 is 1.39. The number of rotatable bonds is 6. The summed E-state index contributed by atoms with van der Waals surface area (Å²) in [4.78, 5) is 16.4. The van der Waals surface area contributed by atoms with Crippen molar-refractivity contribution >= 4 is 27.8 Å². The van der Waals surface area contributed by atoms with Crippen LogP contribution in [-0.4, -0.2) is 17.9 Å². The lowest BCUT2D eigenvalue weighted by molar-refractivity contribution is 0.0993. The number of thiophene rings is 1. The maximum absolute atomic E-state index is 11.7. The number of hydrogen-bond acceptors (Lipinski definition) is 6. The Labute approximate surface area is 121 Å². The first kappa shape index (κ1) is 14.3. The second-order valence-electron chi connectivity index (χ2n) is 4.23. The van der Waals surface area contributed by atoms with E-state index in [9.17, 15) is 4.79 Å². The van der Waals surface area contributed by atoms with Crippen LogP contribution in [0, 0.1) is 0 Å². The van der Waals surface area contributed by atoms with Crippen molar-refractivity contribution in [2.75, 3.05) is 18.2 Å². The summed E-state index contributed by atoms with van der Waals surface area (Å²) < 4.78 is 5.01. The molecule has 0 spiro atoms. The number of nitrogens with two attached hydrogens (primary N) is 1. The van der Waals surface area contributed by atoms with E-state index in [1.807, 2.05) is 19.1 Å². The highest BCUT2D eigenvalue weighted by Crippen LogP contribution is 2.30. The Morgan fingerprint density at radius 3 is 2.90 bits per heavy atom. The summed E-state index contributed by atoms with van der Waals surface area (Å²) in [5.74, 6) is 0.664. The summed E-state index contributed by atoms with van der Waals surface area (Å²) in [6, 6.07) is 5.55. The van der Waals surface area contributed by atoms with Crippen LogP contribution in [0.15, 0.2) is 24.4 Å². The van der Waals surface area contributed by atoms with Crippen molar-refractivity contribution in [1.82, 2.24) is 4.98 Å². The van der Waals surface area contributed by atoms with E-state index in [1.54, 1.807) is 19.4 Å². The lowest BCUT2D eigenvalue weighted by atomic mass is 10.2. The Bertz CT molecular complexity index is 593. The molecule has 2 heterocycles. The van der Waals surface area contributed by atoms with Crippen LogP contribution in [0.1, 0.15) is 28.6 Å². The van der Waals surface area contributed by atoms with Gasteiger partial charge in [0.2, 0.25) is 5.88 Å². The molecule has 3 N–H and O–H groups in total. The van der Waals surface area contributed by atoms with Crippen LogP contribution in [0.25, 0.3) is 0 Å². The smallest absolute Gasteiger partial charge is 0.212 e. The van der Waals surface area contributed by atoms with E-state index >= 15 is 0 Å². The lowest BCUT2D eigenvalue weighted by Gasteiger charge is -2.04. The van der Waals surface area contributed by atoms with Crippen molar-refractivity contribution in [2.24, 2.45) is 0 Å². The molecule has 2 rings (SSSR count). The number of nitrogens with one attached hydrogen (secondary N) is 1. The van der Waals surface area contributed by atoms with Gasteiger partial charge >= 0.3 is 0 Å². The molecule has 0 aliphatic carbocycles. The van der Waals surface area contributed by atoms with Gasteiger partial charge in [0.1, 0.15) is 0 Å². The molecular weight excluding hydrogens is 274 g/mol. The standard InChI is InChI=1S/C14H17N3O2S/c1-3-11(18)14-10(15)6-13(20-14)17-8-9-4-5-12(19-2)16-7-9/h4-7,17H,3,8,15H2,1-2H3. The van der Waals surface area contributed by atoms with Crippen LogP contribution < -0.4 is 15.8 Å². The number of ether oxygens (including phenoxy) is 1. The fourth-order valence-electron chi connectivity index (χ4n) is 1.70. The van der Waals surface area contributed by atoms with Crippen LogP contribution in [0.2, 0.25) is 0 Å². The maximum Gasteiger partial charge on any atom is 0.212 e. The number of pyridine rings is 1. The molecule has 0 aliphatic heterocycles. The summed E-state index contributed by atoms with van der Waals surface area (Å²) in [5, 5.41) is 4.13. The molecule has 20 heavy (non-hydrogen) atoms. The van der Waals surface area contributed by atoms with Gasteiger partial charge in [-0.1, -0.05) is 13.0 Å². The van der Waals surface area contributed by atoms with Crippen LogP contribution in [-0.2, 0) is 6.54 Å². The molecule has 0 radical (unpaired) electrons. The predicted molar refractivity (Wildman–Crippen MR) is 81.5 cm³/mol. The number of carbonyl (C=O) groups is 1. The van der Waals surface area contributed by atoms with Gasteiger partial charge < -0.3 is 15.8 Å². The first-order valence-electron chi connectivity index (χ1n) is 6.29.